The molecule has 1 aliphatic rings. The van der Waals surface area contributed by atoms with Gasteiger partial charge in [0.25, 0.3) is 17.7 Å². The van der Waals surface area contributed by atoms with Gasteiger partial charge in [0.2, 0.25) is 5.91 Å². The molecule has 56 heavy (non-hydrogen) atoms. The van der Waals surface area contributed by atoms with Crippen molar-refractivity contribution in [1.82, 2.24) is 19.9 Å². The van der Waals surface area contributed by atoms with Gasteiger partial charge in [-0.3, -0.25) is 24.1 Å². The second-order valence-corrected chi connectivity index (χ2v) is 13.1. The Morgan fingerprint density at radius 1 is 0.946 bits per heavy atom. The quantitative estimate of drug-likeness (QED) is 0.0472. The van der Waals surface area contributed by atoms with Crippen LogP contribution in [0.3, 0.4) is 0 Å². The summed E-state index contributed by atoms with van der Waals surface area (Å²) in [6.45, 7) is 2.96. The van der Waals surface area contributed by atoms with E-state index in [0.717, 1.165) is 22.6 Å². The predicted molar refractivity (Wildman–Crippen MR) is 211 cm³/mol. The summed E-state index contributed by atoms with van der Waals surface area (Å²) >= 11 is 1.40. The lowest BCUT2D eigenvalue weighted by atomic mass is 10.0. The molecule has 0 bridgehead atoms. The normalized spacial score (nSPS) is 11.9. The third-order valence-electron chi connectivity index (χ3n) is 8.89. The zero-order chi connectivity index (χ0) is 39.5. The van der Waals surface area contributed by atoms with Crippen LogP contribution in [0.1, 0.15) is 36.6 Å². The number of pyridine rings is 1. The van der Waals surface area contributed by atoms with E-state index >= 15 is 4.39 Å². The van der Waals surface area contributed by atoms with Crippen LogP contribution in [0.25, 0.3) is 22.5 Å². The number of anilines is 4. The number of hydrogen-bond donors (Lipinski definition) is 5. The number of carbonyl (C=O) groups excluding carboxylic acids is 4. The van der Waals surface area contributed by atoms with Crippen molar-refractivity contribution in [2.24, 2.45) is 0 Å². The number of imide groups is 1. The van der Waals surface area contributed by atoms with E-state index in [2.05, 4.69) is 32.5 Å². The van der Waals surface area contributed by atoms with Crippen LogP contribution in [0.4, 0.5) is 27.3 Å². The van der Waals surface area contributed by atoms with Crippen LogP contribution in [0.5, 0.6) is 11.5 Å². The first kappa shape index (κ1) is 37.1. The largest absolute Gasteiger partial charge is 0.508 e. The van der Waals surface area contributed by atoms with Gasteiger partial charge >= 0.3 is 0 Å². The van der Waals surface area contributed by atoms with Gasteiger partial charge in [-0.1, -0.05) is 42.6 Å². The molecule has 3 heterocycles. The van der Waals surface area contributed by atoms with Gasteiger partial charge in [-0.25, -0.2) is 14.4 Å². The van der Waals surface area contributed by atoms with E-state index in [-0.39, 0.29) is 28.3 Å². The van der Waals surface area contributed by atoms with Crippen molar-refractivity contribution in [3.8, 4) is 34.0 Å². The smallest absolute Gasteiger partial charge is 0.261 e. The van der Waals surface area contributed by atoms with Crippen molar-refractivity contribution >= 4 is 58.3 Å². The number of ether oxygens (including phenoxy) is 1. The van der Waals surface area contributed by atoms with Crippen molar-refractivity contribution in [3.05, 3.63) is 138 Å². The van der Waals surface area contributed by atoms with Crippen molar-refractivity contribution in [2.45, 2.75) is 11.7 Å². The number of hydrogen-bond acceptors (Lipinski definition) is 10. The standard InChI is InChI=1S/C41H32FN7O6S/c1-4-34(51)44-25-12-15-32(55-2)30(20-25)46-33-19-23(16-17-43-33)37-36(47-41(48-37)56-3)22-8-7-9-24(18-22)45-38(52)35-28(31(50)14-13-29(35)42)21-49-39(53)26-10-5-6-11-27(26)40(49)54/h4-20,50H,1,21H2,2-3H3,(H,43,46)(H,44,51)(H,45,52)(H,47,48). The minimum absolute atomic E-state index is 0.180. The molecule has 0 saturated heterocycles. The summed E-state index contributed by atoms with van der Waals surface area (Å²) in [5.41, 5.74) is 3.49. The van der Waals surface area contributed by atoms with E-state index in [1.54, 1.807) is 66.9 Å². The van der Waals surface area contributed by atoms with Gasteiger partial charge in [-0.2, -0.15) is 0 Å². The van der Waals surface area contributed by atoms with E-state index in [1.165, 1.54) is 37.1 Å². The first-order valence-electron chi connectivity index (χ1n) is 16.9. The number of aromatic amines is 1. The molecule has 0 radical (unpaired) electrons. The van der Waals surface area contributed by atoms with Gasteiger partial charge in [0.05, 0.1) is 47.4 Å². The molecule has 13 nitrogen and oxygen atoms in total. The molecule has 0 aliphatic carbocycles. The first-order valence-corrected chi connectivity index (χ1v) is 18.2. The molecular formula is C41H32FN7O6S. The first-order chi connectivity index (χ1) is 27.1. The van der Waals surface area contributed by atoms with E-state index < -0.39 is 41.4 Å². The summed E-state index contributed by atoms with van der Waals surface area (Å²) in [6, 6.07) is 23.8. The fourth-order valence-electron chi connectivity index (χ4n) is 6.23. The second-order valence-electron chi connectivity index (χ2n) is 12.3. The van der Waals surface area contributed by atoms with E-state index in [1.807, 2.05) is 12.3 Å². The number of methoxy groups -OCH3 is 1. The maximum Gasteiger partial charge on any atom is 0.261 e. The number of aromatic hydroxyl groups is 1. The number of nitrogens with zero attached hydrogens (tertiary/aromatic N) is 3. The molecule has 0 fully saturated rings. The maximum atomic E-state index is 15.4. The van der Waals surface area contributed by atoms with Gasteiger partial charge in [-0.05, 0) is 79.1 Å². The number of amides is 4. The Kier molecular flexibility index (Phi) is 10.3. The average Bonchev–Trinajstić information content (AvgIpc) is 3.75. The number of carbonyl (C=O) groups is 4. The Morgan fingerprint density at radius 2 is 1.70 bits per heavy atom. The van der Waals surface area contributed by atoms with Gasteiger partial charge in [0.1, 0.15) is 23.1 Å². The number of thioether (sulfide) groups is 1. The number of fused-ring (bicyclic) bond motifs is 1. The summed E-state index contributed by atoms with van der Waals surface area (Å²) in [7, 11) is 1.53. The fraction of sp³-hybridized carbons (Fsp3) is 0.0732. The minimum Gasteiger partial charge on any atom is -0.508 e. The number of halogens is 1. The Labute approximate surface area is 323 Å². The van der Waals surface area contributed by atoms with E-state index in [0.29, 0.717) is 45.0 Å². The highest BCUT2D eigenvalue weighted by Gasteiger charge is 2.37. The number of phenols is 1. The monoisotopic (exact) mass is 769 g/mol. The van der Waals surface area contributed by atoms with Crippen LogP contribution < -0.4 is 20.7 Å². The Hall–Kier alpha value is -7.26. The van der Waals surface area contributed by atoms with Gasteiger partial charge in [0.15, 0.2) is 5.16 Å². The van der Waals surface area contributed by atoms with Crippen LogP contribution in [-0.2, 0) is 11.3 Å². The van der Waals surface area contributed by atoms with Crippen LogP contribution in [0, 0.1) is 5.82 Å². The Morgan fingerprint density at radius 3 is 2.41 bits per heavy atom. The summed E-state index contributed by atoms with van der Waals surface area (Å²) in [4.78, 5) is 65.3. The lowest BCUT2D eigenvalue weighted by Crippen LogP contribution is -2.30. The molecule has 7 rings (SSSR count). The third kappa shape index (κ3) is 7.30. The van der Waals surface area contributed by atoms with Crippen LogP contribution in [0.15, 0.2) is 115 Å². The molecule has 4 aromatic carbocycles. The average molecular weight is 770 g/mol. The summed E-state index contributed by atoms with van der Waals surface area (Å²) in [6.07, 6.45) is 4.67. The molecule has 0 atom stereocenters. The highest BCUT2D eigenvalue weighted by Crippen LogP contribution is 2.36. The molecule has 280 valence electrons. The highest BCUT2D eigenvalue weighted by atomic mass is 32.2. The molecule has 0 saturated carbocycles. The number of nitrogens with one attached hydrogen (secondary N) is 4. The minimum atomic E-state index is -0.949. The third-order valence-corrected chi connectivity index (χ3v) is 9.47. The predicted octanol–water partition coefficient (Wildman–Crippen LogP) is 7.63. The van der Waals surface area contributed by atoms with Crippen LogP contribution >= 0.6 is 11.8 Å². The zero-order valence-corrected chi connectivity index (χ0v) is 30.7. The number of rotatable bonds is 12. The topological polar surface area (TPSA) is 179 Å². The number of aromatic nitrogens is 3. The number of imidazole rings is 1. The van der Waals surface area contributed by atoms with Crippen molar-refractivity contribution in [1.29, 1.82) is 0 Å². The van der Waals surface area contributed by atoms with E-state index in [9.17, 15) is 24.3 Å². The molecule has 1 aliphatic heterocycles. The van der Waals surface area contributed by atoms with Gasteiger partial charge < -0.3 is 30.8 Å². The van der Waals surface area contributed by atoms with Crippen molar-refractivity contribution < 1.29 is 33.4 Å². The maximum absolute atomic E-state index is 15.4. The lowest BCUT2D eigenvalue weighted by Gasteiger charge is -2.18. The number of H-pyrrole nitrogens is 1. The second kappa shape index (κ2) is 15.6. The van der Waals surface area contributed by atoms with E-state index in [4.69, 9.17) is 9.72 Å². The van der Waals surface area contributed by atoms with Crippen LogP contribution in [-0.4, -0.2) is 62.0 Å². The van der Waals surface area contributed by atoms with Crippen molar-refractivity contribution in [3.63, 3.8) is 0 Å². The fourth-order valence-corrected chi connectivity index (χ4v) is 6.61. The summed E-state index contributed by atoms with van der Waals surface area (Å²) in [5.74, 6) is -2.92. The molecule has 4 amide bonds. The van der Waals surface area contributed by atoms with Crippen LogP contribution in [0.2, 0.25) is 0 Å². The lowest BCUT2D eigenvalue weighted by molar-refractivity contribution is -0.111. The van der Waals surface area contributed by atoms with Gasteiger partial charge in [-0.15, -0.1) is 0 Å². The molecule has 0 unspecified atom stereocenters. The molecule has 0 spiro atoms. The summed E-state index contributed by atoms with van der Waals surface area (Å²) < 4.78 is 20.9. The SMILES string of the molecule is C=CC(=O)Nc1ccc(OC)c(Nc2cc(-c3[nH]c(SC)nc3-c3cccc(NC(=O)c4c(F)ccc(O)c4CN4C(=O)c5ccccc5C4=O)c3)ccn2)c1. The Bertz CT molecular complexity index is 2540. The number of benzene rings is 4. The molecular weight excluding hydrogens is 738 g/mol. The van der Waals surface area contributed by atoms with Crippen molar-refractivity contribution in [2.75, 3.05) is 29.3 Å². The summed E-state index contributed by atoms with van der Waals surface area (Å²) in [5, 5.41) is 20.1. The van der Waals surface area contributed by atoms with Gasteiger partial charge in [0, 0.05) is 34.3 Å². The highest BCUT2D eigenvalue weighted by molar-refractivity contribution is 7.98. The zero-order valence-electron chi connectivity index (χ0n) is 29.8. The molecule has 2 aromatic heterocycles. The molecule has 5 N–H and O–H groups in total. The molecule has 6 aromatic rings. The molecule has 15 heteroatoms. The Balaban J connectivity index is 1.16. The number of phenolic OH excluding ortho intramolecular Hbond substituents is 1.